The maximum absolute atomic E-state index is 8.43. The van der Waals surface area contributed by atoms with Gasteiger partial charge in [-0.1, -0.05) is 12.1 Å². The zero-order chi connectivity index (χ0) is 8.55. The molecular weight excluding hydrogens is 156 g/mol. The first-order valence-corrected chi connectivity index (χ1v) is 3.41. The number of nitrogens with zero attached hydrogens (tertiary/aromatic N) is 1. The first-order chi connectivity index (χ1) is 5.83. The minimum atomic E-state index is -0.0452. The van der Waals surface area contributed by atoms with E-state index in [0.717, 1.165) is 0 Å². The van der Waals surface area contributed by atoms with Crippen molar-refractivity contribution in [3.05, 3.63) is 29.8 Å². The summed E-state index contributed by atoms with van der Waals surface area (Å²) in [7, 11) is 0. The van der Waals surface area contributed by atoms with Crippen LogP contribution in [0.15, 0.2) is 29.4 Å². The molecule has 60 valence electrons. The number of benzene rings is 1. The molecule has 0 fully saturated rings. The summed E-state index contributed by atoms with van der Waals surface area (Å²) in [6.45, 7) is 0. The monoisotopic (exact) mass is 162 g/mol. The van der Waals surface area contributed by atoms with Crippen LogP contribution in [0.5, 0.6) is 5.75 Å². The summed E-state index contributed by atoms with van der Waals surface area (Å²) < 4.78 is 5.04. The molecule has 0 bridgehead atoms. The Bertz CT molecular complexity index is 371. The average Bonchev–Trinajstić information content (AvgIpc) is 2.44. The molecule has 0 saturated heterocycles. The predicted octanol–water partition coefficient (Wildman–Crippen LogP) is 1.23. The van der Waals surface area contributed by atoms with Crippen molar-refractivity contribution in [2.24, 2.45) is 5.16 Å². The largest absolute Gasteiger partial charge is 0.434 e. The second kappa shape index (κ2) is 2.34. The second-order valence-corrected chi connectivity index (χ2v) is 2.38. The van der Waals surface area contributed by atoms with Gasteiger partial charge in [0.2, 0.25) is 0 Å². The van der Waals surface area contributed by atoms with E-state index in [0.29, 0.717) is 11.3 Å². The van der Waals surface area contributed by atoms with Gasteiger partial charge in [-0.05, 0) is 17.3 Å². The molecule has 2 N–H and O–H groups in total. The van der Waals surface area contributed by atoms with Crippen LogP contribution >= 0.6 is 0 Å². The van der Waals surface area contributed by atoms with Crippen molar-refractivity contribution in [1.29, 1.82) is 5.41 Å². The normalized spacial score (nSPS) is 17.7. The van der Waals surface area contributed by atoms with Crippen molar-refractivity contribution in [3.63, 3.8) is 0 Å². The summed E-state index contributed by atoms with van der Waals surface area (Å²) in [5.74, 6) is 0.520. The quantitative estimate of drug-likeness (QED) is 0.445. The SMILES string of the molecule is N=C1/C(=N/O)Oc2ccccc21. The van der Waals surface area contributed by atoms with Gasteiger partial charge in [0.15, 0.2) is 0 Å². The van der Waals surface area contributed by atoms with Crippen LogP contribution in [0.4, 0.5) is 0 Å². The zero-order valence-corrected chi connectivity index (χ0v) is 6.11. The fourth-order valence-corrected chi connectivity index (χ4v) is 1.10. The number of fused-ring (bicyclic) bond motifs is 1. The molecule has 0 unspecified atom stereocenters. The zero-order valence-electron chi connectivity index (χ0n) is 6.11. The molecule has 4 heteroatoms. The van der Waals surface area contributed by atoms with E-state index in [-0.39, 0.29) is 11.6 Å². The number of hydrogen-bond donors (Lipinski definition) is 2. The molecule has 1 aromatic rings. The Morgan fingerprint density at radius 3 is 2.75 bits per heavy atom. The lowest BCUT2D eigenvalue weighted by Crippen LogP contribution is -2.11. The summed E-state index contributed by atoms with van der Waals surface area (Å²) in [5, 5.41) is 18.8. The highest BCUT2D eigenvalue weighted by atomic mass is 16.5. The van der Waals surface area contributed by atoms with Gasteiger partial charge in [-0.2, -0.15) is 0 Å². The van der Waals surface area contributed by atoms with Crippen molar-refractivity contribution in [2.45, 2.75) is 0 Å². The molecule has 1 aliphatic heterocycles. The van der Waals surface area contributed by atoms with Crippen LogP contribution < -0.4 is 4.74 Å². The van der Waals surface area contributed by atoms with Gasteiger partial charge in [0.25, 0.3) is 5.90 Å². The van der Waals surface area contributed by atoms with Crippen LogP contribution in [0, 0.1) is 5.41 Å². The highest BCUT2D eigenvalue weighted by molar-refractivity contribution is 6.47. The van der Waals surface area contributed by atoms with Crippen LogP contribution in [0.3, 0.4) is 0 Å². The van der Waals surface area contributed by atoms with Crippen LogP contribution in [0.1, 0.15) is 5.56 Å². The fourth-order valence-electron chi connectivity index (χ4n) is 1.10. The molecule has 0 saturated carbocycles. The molecule has 1 aliphatic rings. The molecule has 0 aliphatic carbocycles. The van der Waals surface area contributed by atoms with Crippen LogP contribution in [-0.2, 0) is 0 Å². The van der Waals surface area contributed by atoms with Gasteiger partial charge < -0.3 is 9.94 Å². The van der Waals surface area contributed by atoms with E-state index in [1.165, 1.54) is 0 Å². The Hall–Kier alpha value is -1.84. The number of ether oxygens (including phenoxy) is 1. The summed E-state index contributed by atoms with van der Waals surface area (Å²) in [6, 6.07) is 7.07. The molecule has 0 spiro atoms. The molecule has 4 nitrogen and oxygen atoms in total. The van der Waals surface area contributed by atoms with E-state index in [1.807, 2.05) is 0 Å². The van der Waals surface area contributed by atoms with Crippen molar-refractivity contribution in [2.75, 3.05) is 0 Å². The maximum atomic E-state index is 8.43. The summed E-state index contributed by atoms with van der Waals surface area (Å²) in [6.07, 6.45) is 0. The van der Waals surface area contributed by atoms with Gasteiger partial charge in [-0.15, -0.1) is 0 Å². The lowest BCUT2D eigenvalue weighted by atomic mass is 10.1. The molecule has 1 heterocycles. The van der Waals surface area contributed by atoms with Crippen molar-refractivity contribution < 1.29 is 9.94 Å². The van der Waals surface area contributed by atoms with Gasteiger partial charge in [0.05, 0.1) is 0 Å². The minimum Gasteiger partial charge on any atom is -0.434 e. The third kappa shape index (κ3) is 0.780. The molecule has 0 atom stereocenters. The molecule has 0 aromatic heterocycles. The highest BCUT2D eigenvalue weighted by Crippen LogP contribution is 2.25. The Kier molecular flexibility index (Phi) is 1.33. The third-order valence-electron chi connectivity index (χ3n) is 1.67. The Morgan fingerprint density at radius 1 is 1.33 bits per heavy atom. The van der Waals surface area contributed by atoms with Gasteiger partial charge in [-0.25, -0.2) is 0 Å². The summed E-state index contributed by atoms with van der Waals surface area (Å²) in [5.41, 5.74) is 0.776. The Labute approximate surface area is 68.6 Å². The van der Waals surface area contributed by atoms with E-state index in [9.17, 15) is 0 Å². The molecule has 12 heavy (non-hydrogen) atoms. The fraction of sp³-hybridized carbons (Fsp3) is 0. The first-order valence-electron chi connectivity index (χ1n) is 3.41. The third-order valence-corrected chi connectivity index (χ3v) is 1.67. The standard InChI is InChI=1S/C8H6N2O2/c9-7-5-3-1-2-4-6(5)12-8(7)10-11/h1-4,9,11H/b9-7?,10-8-. The number of para-hydroxylation sites is 1. The summed E-state index contributed by atoms with van der Waals surface area (Å²) in [4.78, 5) is 0. The minimum absolute atomic E-state index is 0.0452. The average molecular weight is 162 g/mol. The first kappa shape index (κ1) is 6.84. The van der Waals surface area contributed by atoms with Gasteiger partial charge in [0, 0.05) is 5.56 Å². The van der Waals surface area contributed by atoms with Crippen LogP contribution in [0.2, 0.25) is 0 Å². The van der Waals surface area contributed by atoms with Crippen molar-refractivity contribution >= 4 is 11.6 Å². The van der Waals surface area contributed by atoms with Crippen LogP contribution in [0.25, 0.3) is 0 Å². The van der Waals surface area contributed by atoms with Gasteiger partial charge in [-0.3, -0.25) is 5.41 Å². The van der Waals surface area contributed by atoms with E-state index in [1.54, 1.807) is 24.3 Å². The van der Waals surface area contributed by atoms with Gasteiger partial charge in [0.1, 0.15) is 11.5 Å². The highest BCUT2D eigenvalue weighted by Gasteiger charge is 2.24. The molecular formula is C8H6N2O2. The lowest BCUT2D eigenvalue weighted by molar-refractivity contribution is 0.307. The smallest absolute Gasteiger partial charge is 0.281 e. The lowest BCUT2D eigenvalue weighted by Gasteiger charge is -1.92. The van der Waals surface area contributed by atoms with Crippen molar-refractivity contribution in [3.8, 4) is 5.75 Å². The van der Waals surface area contributed by atoms with Crippen LogP contribution in [-0.4, -0.2) is 16.8 Å². The number of oxime groups is 1. The number of nitrogens with one attached hydrogen (secondary N) is 1. The molecule has 0 amide bonds. The Morgan fingerprint density at radius 2 is 2.08 bits per heavy atom. The van der Waals surface area contributed by atoms with Gasteiger partial charge >= 0.3 is 0 Å². The maximum Gasteiger partial charge on any atom is 0.281 e. The number of rotatable bonds is 0. The van der Waals surface area contributed by atoms with E-state index in [4.69, 9.17) is 15.4 Å². The molecule has 1 aromatic carbocycles. The predicted molar refractivity (Wildman–Crippen MR) is 43.1 cm³/mol. The molecule has 2 rings (SSSR count). The second-order valence-electron chi connectivity index (χ2n) is 2.38. The van der Waals surface area contributed by atoms with Crippen molar-refractivity contribution in [1.82, 2.24) is 0 Å². The summed E-state index contributed by atoms with van der Waals surface area (Å²) >= 11 is 0. The number of hydrogen-bond acceptors (Lipinski definition) is 4. The van der Waals surface area contributed by atoms with E-state index in [2.05, 4.69) is 5.16 Å². The Balaban J connectivity index is 2.56. The van der Waals surface area contributed by atoms with E-state index < -0.39 is 0 Å². The molecule has 0 radical (unpaired) electrons. The van der Waals surface area contributed by atoms with E-state index >= 15 is 0 Å². The topological polar surface area (TPSA) is 65.7 Å².